The van der Waals surface area contributed by atoms with Crippen LogP contribution in [0.25, 0.3) is 22.2 Å². The van der Waals surface area contributed by atoms with Crippen LogP contribution < -0.4 is 29.7 Å². The number of nitrogens with zero attached hydrogens (tertiary/aromatic N) is 3. The summed E-state index contributed by atoms with van der Waals surface area (Å²) in [7, 11) is 5.87. The molecule has 1 amide bonds. The molecule has 43 heavy (non-hydrogen) atoms. The van der Waals surface area contributed by atoms with Crippen molar-refractivity contribution in [3.63, 3.8) is 0 Å². The lowest BCUT2D eigenvalue weighted by molar-refractivity contribution is 0.102. The Morgan fingerprint density at radius 2 is 1.65 bits per heavy atom. The Balaban J connectivity index is 1.46. The summed E-state index contributed by atoms with van der Waals surface area (Å²) in [5.41, 5.74) is 1.03. The van der Waals surface area contributed by atoms with Crippen LogP contribution in [0, 0.1) is 18.6 Å². The molecule has 5 aromatic rings. The van der Waals surface area contributed by atoms with E-state index in [0.717, 1.165) is 6.07 Å². The fraction of sp³-hybridized carbons (Fsp3) is 0.161. The second kappa shape index (κ2) is 11.8. The number of methoxy groups -OCH3 is 3. The molecule has 0 aliphatic carbocycles. The van der Waals surface area contributed by atoms with Gasteiger partial charge in [-0.1, -0.05) is 12.1 Å². The van der Waals surface area contributed by atoms with Crippen molar-refractivity contribution in [1.82, 2.24) is 14.5 Å². The van der Waals surface area contributed by atoms with Crippen LogP contribution in [-0.4, -0.2) is 41.8 Å². The van der Waals surface area contributed by atoms with E-state index in [0.29, 0.717) is 28.0 Å². The third kappa shape index (κ3) is 5.42. The summed E-state index contributed by atoms with van der Waals surface area (Å²) in [5, 5.41) is 2.56. The Morgan fingerprint density at radius 1 is 0.907 bits per heavy atom. The maximum atomic E-state index is 15.2. The Kier molecular flexibility index (Phi) is 7.93. The predicted molar refractivity (Wildman–Crippen MR) is 155 cm³/mol. The quantitative estimate of drug-likeness (QED) is 0.247. The van der Waals surface area contributed by atoms with Gasteiger partial charge in [0.05, 0.1) is 26.8 Å². The van der Waals surface area contributed by atoms with Crippen LogP contribution in [0.15, 0.2) is 65.6 Å². The van der Waals surface area contributed by atoms with E-state index < -0.39 is 23.0 Å². The van der Waals surface area contributed by atoms with Crippen molar-refractivity contribution in [2.24, 2.45) is 7.05 Å². The number of carbonyl (C=O) groups is 1. The summed E-state index contributed by atoms with van der Waals surface area (Å²) in [6.07, 6.45) is 1.48. The smallest absolute Gasteiger partial charge is 0.265 e. The number of hydrogen-bond donors (Lipinski definition) is 1. The number of amides is 1. The van der Waals surface area contributed by atoms with Crippen molar-refractivity contribution < 1.29 is 32.5 Å². The standard InChI is InChI=1S/C31H26F2N4O6/c1-16-25(17-6-8-18(32)9-7-17)28(38)26(31(42-5)37(16)2)29(39)35-19-10-11-22(20(33)14-19)43-23-12-13-34-21-15-24(40-3)30(41-4)36-27(21)23/h6-15H,1-5H3,(H,35,39). The molecule has 0 saturated carbocycles. The van der Waals surface area contributed by atoms with Crippen LogP contribution >= 0.6 is 0 Å². The topological polar surface area (TPSA) is 114 Å². The average molecular weight is 589 g/mol. The first-order chi connectivity index (χ1) is 20.7. The molecule has 0 unspecified atom stereocenters. The Morgan fingerprint density at radius 3 is 2.30 bits per heavy atom. The van der Waals surface area contributed by atoms with Crippen molar-refractivity contribution in [3.8, 4) is 40.1 Å². The minimum Gasteiger partial charge on any atom is -0.491 e. The normalized spacial score (nSPS) is 10.9. The van der Waals surface area contributed by atoms with E-state index in [9.17, 15) is 14.0 Å². The third-order valence-corrected chi connectivity index (χ3v) is 6.82. The lowest BCUT2D eigenvalue weighted by Gasteiger charge is -2.18. The van der Waals surface area contributed by atoms with Gasteiger partial charge in [0.1, 0.15) is 16.9 Å². The zero-order chi connectivity index (χ0) is 30.8. The van der Waals surface area contributed by atoms with Gasteiger partial charge in [-0.2, -0.15) is 0 Å². The van der Waals surface area contributed by atoms with Crippen molar-refractivity contribution in [2.75, 3.05) is 26.6 Å². The lowest BCUT2D eigenvalue weighted by atomic mass is 10.0. The monoisotopic (exact) mass is 588 g/mol. The molecule has 2 aromatic carbocycles. The maximum Gasteiger partial charge on any atom is 0.265 e. The molecule has 12 heteroatoms. The molecule has 0 spiro atoms. The molecule has 5 rings (SSSR count). The van der Waals surface area contributed by atoms with Gasteiger partial charge in [-0.15, -0.1) is 0 Å². The first-order valence-corrected chi connectivity index (χ1v) is 12.9. The number of hydrogen-bond acceptors (Lipinski definition) is 8. The molecule has 1 N–H and O–H groups in total. The van der Waals surface area contributed by atoms with E-state index in [4.69, 9.17) is 18.9 Å². The first kappa shape index (κ1) is 29.0. The molecule has 0 saturated heterocycles. The molecule has 0 aliphatic rings. The first-order valence-electron chi connectivity index (χ1n) is 12.9. The van der Waals surface area contributed by atoms with Crippen LogP contribution in [0.3, 0.4) is 0 Å². The fourth-order valence-corrected chi connectivity index (χ4v) is 4.63. The number of halogens is 2. The molecule has 10 nitrogen and oxygen atoms in total. The van der Waals surface area contributed by atoms with Gasteiger partial charge in [0.25, 0.3) is 11.8 Å². The average Bonchev–Trinajstić information content (AvgIpc) is 3.00. The van der Waals surface area contributed by atoms with E-state index in [1.54, 1.807) is 24.6 Å². The largest absolute Gasteiger partial charge is 0.491 e. The third-order valence-electron chi connectivity index (χ3n) is 6.82. The van der Waals surface area contributed by atoms with E-state index in [1.807, 2.05) is 0 Å². The van der Waals surface area contributed by atoms with Crippen LogP contribution in [0.1, 0.15) is 16.1 Å². The van der Waals surface area contributed by atoms with Crippen LogP contribution in [0.4, 0.5) is 14.5 Å². The summed E-state index contributed by atoms with van der Waals surface area (Å²) in [4.78, 5) is 35.6. The van der Waals surface area contributed by atoms with Gasteiger partial charge >= 0.3 is 0 Å². The minimum absolute atomic E-state index is 0.00964. The molecule has 0 atom stereocenters. The van der Waals surface area contributed by atoms with Crippen LogP contribution in [-0.2, 0) is 7.05 Å². The van der Waals surface area contributed by atoms with E-state index in [2.05, 4.69) is 15.3 Å². The van der Waals surface area contributed by atoms with Crippen molar-refractivity contribution >= 4 is 22.6 Å². The molecule has 0 radical (unpaired) electrons. The molecular weight excluding hydrogens is 562 g/mol. The van der Waals surface area contributed by atoms with Gasteiger partial charge in [0.2, 0.25) is 11.3 Å². The predicted octanol–water partition coefficient (Wildman–Crippen LogP) is 5.65. The maximum absolute atomic E-state index is 15.2. The van der Waals surface area contributed by atoms with Crippen molar-refractivity contribution in [1.29, 1.82) is 0 Å². The van der Waals surface area contributed by atoms with Gasteiger partial charge in [-0.25, -0.2) is 13.8 Å². The number of nitrogens with one attached hydrogen (secondary N) is 1. The van der Waals surface area contributed by atoms with Gasteiger partial charge in [0, 0.05) is 48.4 Å². The van der Waals surface area contributed by atoms with Gasteiger partial charge in [0.15, 0.2) is 23.1 Å². The van der Waals surface area contributed by atoms with E-state index in [-0.39, 0.29) is 40.1 Å². The van der Waals surface area contributed by atoms with Gasteiger partial charge in [-0.3, -0.25) is 14.6 Å². The Labute approximate surface area is 244 Å². The molecule has 0 fully saturated rings. The molecule has 220 valence electrons. The highest BCUT2D eigenvalue weighted by molar-refractivity contribution is 6.06. The number of pyridine rings is 3. The SMILES string of the molecule is COc1cc2nccc(Oc3ccc(NC(=O)c4c(OC)n(C)c(C)c(-c5ccc(F)cc5)c4=O)cc3F)c2nc1OC. The van der Waals surface area contributed by atoms with Crippen LogP contribution in [0.5, 0.6) is 29.0 Å². The zero-order valence-electron chi connectivity index (χ0n) is 23.8. The number of carbonyl (C=O) groups excluding carboxylic acids is 1. The highest BCUT2D eigenvalue weighted by atomic mass is 19.1. The summed E-state index contributed by atoms with van der Waals surface area (Å²) >= 11 is 0. The van der Waals surface area contributed by atoms with Crippen molar-refractivity contribution in [2.45, 2.75) is 6.92 Å². The summed E-state index contributed by atoms with van der Waals surface area (Å²) in [6, 6.07) is 12.3. The van der Waals surface area contributed by atoms with Crippen LogP contribution in [0.2, 0.25) is 0 Å². The van der Waals surface area contributed by atoms with Gasteiger partial charge < -0.3 is 28.8 Å². The van der Waals surface area contributed by atoms with E-state index >= 15 is 4.39 Å². The number of aromatic nitrogens is 3. The Bertz CT molecular complexity index is 1930. The van der Waals surface area contributed by atoms with Gasteiger partial charge in [-0.05, 0) is 36.8 Å². The van der Waals surface area contributed by atoms with Crippen molar-refractivity contribution in [3.05, 3.63) is 93.9 Å². The fourth-order valence-electron chi connectivity index (χ4n) is 4.63. The molecule has 0 bridgehead atoms. The summed E-state index contributed by atoms with van der Waals surface area (Å²) in [5.74, 6) is -1.43. The minimum atomic E-state index is -0.820. The number of rotatable bonds is 8. The lowest BCUT2D eigenvalue weighted by Crippen LogP contribution is -2.27. The number of benzene rings is 2. The number of fused-ring (bicyclic) bond motifs is 1. The highest BCUT2D eigenvalue weighted by Crippen LogP contribution is 2.35. The van der Waals surface area contributed by atoms with E-state index in [1.165, 1.54) is 70.0 Å². The molecule has 3 aromatic heterocycles. The number of anilines is 1. The summed E-state index contributed by atoms with van der Waals surface area (Å²) in [6.45, 7) is 1.69. The summed E-state index contributed by atoms with van der Waals surface area (Å²) < 4.78 is 52.1. The second-order valence-electron chi connectivity index (χ2n) is 9.32. The number of ether oxygens (including phenoxy) is 4. The Hall–Kier alpha value is -5.52. The zero-order valence-corrected chi connectivity index (χ0v) is 23.8. The molecular formula is C31H26F2N4O6. The second-order valence-corrected chi connectivity index (χ2v) is 9.32. The molecule has 0 aliphatic heterocycles. The molecule has 3 heterocycles. The highest BCUT2D eigenvalue weighted by Gasteiger charge is 2.25.